The van der Waals surface area contributed by atoms with E-state index in [4.69, 9.17) is 25.0 Å². The molecular formula is C24H24FN7O3. The lowest BCUT2D eigenvalue weighted by molar-refractivity contribution is -0.191. The van der Waals surface area contributed by atoms with Crippen LogP contribution in [-0.2, 0) is 21.5 Å². The number of ether oxygens (including phenoxy) is 1. The van der Waals surface area contributed by atoms with Crippen LogP contribution in [-0.4, -0.2) is 43.2 Å². The fourth-order valence-electron chi connectivity index (χ4n) is 3.30. The van der Waals surface area contributed by atoms with Crippen LogP contribution in [0.1, 0.15) is 32.2 Å². The Morgan fingerprint density at radius 3 is 2.40 bits per heavy atom. The largest absolute Gasteiger partial charge is 0.493 e. The van der Waals surface area contributed by atoms with Gasteiger partial charge in [-0.25, -0.2) is 19.0 Å². The van der Waals surface area contributed by atoms with E-state index >= 15 is 0 Å². The Hall–Kier alpha value is -4.50. The highest BCUT2D eigenvalue weighted by molar-refractivity contribution is 5.72. The van der Waals surface area contributed by atoms with E-state index < -0.39 is 5.82 Å². The second-order valence-corrected chi connectivity index (χ2v) is 8.47. The molecule has 0 bridgehead atoms. The number of pyridine rings is 1. The molecule has 2 N–H and O–H groups in total. The molecule has 0 amide bonds. The molecule has 180 valence electrons. The van der Waals surface area contributed by atoms with Gasteiger partial charge in [0.05, 0.1) is 36.9 Å². The van der Waals surface area contributed by atoms with E-state index in [1.165, 1.54) is 13.2 Å². The van der Waals surface area contributed by atoms with Crippen LogP contribution >= 0.6 is 0 Å². The maximum Gasteiger partial charge on any atom is 0.373 e. The standard InChI is InChI=1S/C23H24FN7O.CO2/c1-23(2,3)20-10-5-7-14(26-20)12-31-13-19(29-30-31)18-11-17(27-22(25)28-18)15-8-6-9-16(24)21(15)32-4;2-1-3/h5-11,13H,12H2,1-4H3,(H2,25,27,28);. The minimum Gasteiger partial charge on any atom is -0.493 e. The molecule has 0 spiro atoms. The summed E-state index contributed by atoms with van der Waals surface area (Å²) in [4.78, 5) is 29.5. The van der Waals surface area contributed by atoms with Gasteiger partial charge in [-0.1, -0.05) is 38.1 Å². The summed E-state index contributed by atoms with van der Waals surface area (Å²) in [5.74, 6) is -0.359. The first-order chi connectivity index (χ1) is 16.7. The van der Waals surface area contributed by atoms with Gasteiger partial charge in [0.25, 0.3) is 0 Å². The molecule has 0 aliphatic heterocycles. The SMILES string of the molecule is COc1c(F)cccc1-c1cc(-c2cn(Cc3cccc(C(C)(C)C)n3)nn2)nc(N)n1.O=C=O. The number of halogens is 1. The fourth-order valence-corrected chi connectivity index (χ4v) is 3.30. The molecule has 4 aromatic rings. The molecule has 1 aromatic carbocycles. The van der Waals surface area contributed by atoms with Crippen LogP contribution in [0.2, 0.25) is 0 Å². The third-order valence-corrected chi connectivity index (χ3v) is 4.89. The number of rotatable bonds is 5. The van der Waals surface area contributed by atoms with Crippen LogP contribution in [0, 0.1) is 5.82 Å². The normalized spacial score (nSPS) is 10.8. The van der Waals surface area contributed by atoms with Crippen molar-refractivity contribution in [3.63, 3.8) is 0 Å². The first kappa shape index (κ1) is 25.1. The summed E-state index contributed by atoms with van der Waals surface area (Å²) in [5.41, 5.74) is 9.66. The average molecular weight is 478 g/mol. The summed E-state index contributed by atoms with van der Waals surface area (Å²) in [7, 11) is 1.40. The number of methoxy groups -OCH3 is 1. The number of aromatic nitrogens is 6. The Morgan fingerprint density at radius 2 is 1.71 bits per heavy atom. The van der Waals surface area contributed by atoms with Crippen LogP contribution in [0.25, 0.3) is 22.6 Å². The Bertz CT molecular complexity index is 1360. The molecule has 0 saturated heterocycles. The molecule has 0 fully saturated rings. The van der Waals surface area contributed by atoms with Gasteiger partial charge in [-0.15, -0.1) is 5.10 Å². The Morgan fingerprint density at radius 1 is 1.03 bits per heavy atom. The zero-order chi connectivity index (χ0) is 25.6. The van der Waals surface area contributed by atoms with E-state index in [0.29, 0.717) is 29.2 Å². The summed E-state index contributed by atoms with van der Waals surface area (Å²) in [6.07, 6.45) is 2.01. The number of nitrogens with two attached hydrogens (primary N) is 1. The molecule has 4 rings (SSSR count). The lowest BCUT2D eigenvalue weighted by Crippen LogP contribution is -2.15. The summed E-state index contributed by atoms with van der Waals surface area (Å²) in [5, 5.41) is 8.42. The van der Waals surface area contributed by atoms with Crippen molar-refractivity contribution in [2.24, 2.45) is 0 Å². The Balaban J connectivity index is 0.00000108. The summed E-state index contributed by atoms with van der Waals surface area (Å²) < 4.78 is 21.0. The quantitative estimate of drug-likeness (QED) is 0.459. The minimum absolute atomic E-state index is 0.0397. The van der Waals surface area contributed by atoms with Crippen LogP contribution < -0.4 is 10.5 Å². The molecule has 0 unspecified atom stereocenters. The lowest BCUT2D eigenvalue weighted by atomic mass is 9.91. The number of nitrogen functional groups attached to an aromatic ring is 1. The molecule has 3 heterocycles. The van der Waals surface area contributed by atoms with Crippen molar-refractivity contribution in [1.82, 2.24) is 29.9 Å². The summed E-state index contributed by atoms with van der Waals surface area (Å²) >= 11 is 0. The van der Waals surface area contributed by atoms with E-state index in [1.807, 2.05) is 18.2 Å². The number of nitrogens with zero attached hydrogens (tertiary/aromatic N) is 6. The Labute approximate surface area is 201 Å². The minimum atomic E-state index is -0.486. The van der Waals surface area contributed by atoms with E-state index in [9.17, 15) is 4.39 Å². The fraction of sp³-hybridized carbons (Fsp3) is 0.250. The van der Waals surface area contributed by atoms with Crippen LogP contribution in [0.4, 0.5) is 10.3 Å². The van der Waals surface area contributed by atoms with Crippen molar-refractivity contribution in [3.05, 3.63) is 65.9 Å². The topological polar surface area (TPSA) is 139 Å². The number of para-hydroxylation sites is 1. The van der Waals surface area contributed by atoms with Gasteiger partial charge in [0.15, 0.2) is 11.6 Å². The maximum absolute atomic E-state index is 14.1. The highest BCUT2D eigenvalue weighted by Gasteiger charge is 2.17. The number of anilines is 1. The first-order valence-corrected chi connectivity index (χ1v) is 10.5. The second kappa shape index (κ2) is 10.6. The van der Waals surface area contributed by atoms with Crippen molar-refractivity contribution in [2.75, 3.05) is 12.8 Å². The van der Waals surface area contributed by atoms with E-state index in [1.54, 1.807) is 29.1 Å². The van der Waals surface area contributed by atoms with Gasteiger partial charge >= 0.3 is 6.15 Å². The lowest BCUT2D eigenvalue weighted by Gasteiger charge is -2.18. The zero-order valence-corrected chi connectivity index (χ0v) is 19.7. The number of hydrogen-bond donors (Lipinski definition) is 1. The highest BCUT2D eigenvalue weighted by atomic mass is 19.1. The van der Waals surface area contributed by atoms with Crippen molar-refractivity contribution in [2.45, 2.75) is 32.7 Å². The van der Waals surface area contributed by atoms with Crippen LogP contribution in [0.15, 0.2) is 48.7 Å². The van der Waals surface area contributed by atoms with Crippen molar-refractivity contribution >= 4 is 12.1 Å². The number of carbonyl (C=O) groups excluding carboxylic acids is 2. The molecule has 10 nitrogen and oxygen atoms in total. The zero-order valence-electron chi connectivity index (χ0n) is 19.7. The second-order valence-electron chi connectivity index (χ2n) is 8.47. The van der Waals surface area contributed by atoms with Gasteiger partial charge < -0.3 is 10.5 Å². The number of benzene rings is 1. The smallest absolute Gasteiger partial charge is 0.373 e. The molecule has 11 heteroatoms. The molecule has 0 saturated carbocycles. The summed E-state index contributed by atoms with van der Waals surface area (Å²) in [6, 6.07) is 12.3. The van der Waals surface area contributed by atoms with Gasteiger partial charge in [-0.2, -0.15) is 9.59 Å². The maximum atomic E-state index is 14.1. The molecule has 0 atom stereocenters. The van der Waals surface area contributed by atoms with Crippen molar-refractivity contribution < 1.29 is 18.7 Å². The van der Waals surface area contributed by atoms with E-state index in [-0.39, 0.29) is 23.3 Å². The predicted octanol–water partition coefficient (Wildman–Crippen LogP) is 3.29. The third-order valence-electron chi connectivity index (χ3n) is 4.89. The molecular weight excluding hydrogens is 453 g/mol. The molecule has 35 heavy (non-hydrogen) atoms. The van der Waals surface area contributed by atoms with E-state index in [0.717, 1.165) is 11.4 Å². The molecule has 0 aliphatic rings. The van der Waals surface area contributed by atoms with Crippen LogP contribution in [0.5, 0.6) is 5.75 Å². The van der Waals surface area contributed by atoms with Gasteiger partial charge in [0.2, 0.25) is 5.95 Å². The van der Waals surface area contributed by atoms with Gasteiger partial charge in [-0.3, -0.25) is 4.98 Å². The van der Waals surface area contributed by atoms with Gasteiger partial charge in [-0.05, 0) is 30.3 Å². The van der Waals surface area contributed by atoms with E-state index in [2.05, 4.69) is 41.1 Å². The molecule has 0 aliphatic carbocycles. The van der Waals surface area contributed by atoms with Gasteiger partial charge in [0.1, 0.15) is 5.69 Å². The van der Waals surface area contributed by atoms with Crippen molar-refractivity contribution in [3.8, 4) is 28.4 Å². The molecule has 0 radical (unpaired) electrons. The van der Waals surface area contributed by atoms with Crippen molar-refractivity contribution in [1.29, 1.82) is 0 Å². The third kappa shape index (κ3) is 6.10. The molecule has 3 aromatic heterocycles. The Kier molecular flexibility index (Phi) is 7.62. The monoisotopic (exact) mass is 477 g/mol. The summed E-state index contributed by atoms with van der Waals surface area (Å²) in [6.45, 7) is 6.83. The number of hydrogen-bond acceptors (Lipinski definition) is 9. The van der Waals surface area contributed by atoms with Crippen LogP contribution in [0.3, 0.4) is 0 Å². The van der Waals surface area contributed by atoms with Gasteiger partial charge in [0, 0.05) is 16.7 Å². The first-order valence-electron chi connectivity index (χ1n) is 10.5. The predicted molar refractivity (Wildman–Crippen MR) is 124 cm³/mol. The highest BCUT2D eigenvalue weighted by Crippen LogP contribution is 2.32. The average Bonchev–Trinajstić information content (AvgIpc) is 3.27.